The van der Waals surface area contributed by atoms with Gasteiger partial charge in [0, 0.05) is 60.3 Å². The molecule has 90 heavy (non-hydrogen) atoms. The van der Waals surface area contributed by atoms with Gasteiger partial charge in [-0.3, -0.25) is 4.79 Å². The molecule has 26 nitrogen and oxygen atoms in total. The summed E-state index contributed by atoms with van der Waals surface area (Å²) < 4.78 is 99.8. The highest BCUT2D eigenvalue weighted by Crippen LogP contribution is 2.71. The van der Waals surface area contributed by atoms with Crippen molar-refractivity contribution in [3.63, 3.8) is 0 Å². The van der Waals surface area contributed by atoms with Crippen LogP contribution < -0.4 is 5.73 Å². The Morgan fingerprint density at radius 2 is 1.16 bits per heavy atom. The monoisotopic (exact) mass is 1280 g/mol. The number of nitrogen functional groups attached to an aromatic ring is 1. The number of esters is 2. The van der Waals surface area contributed by atoms with E-state index in [1.165, 1.54) is 21.1 Å². The number of para-hydroxylation sites is 1. The highest BCUT2D eigenvalue weighted by molar-refractivity contribution is 5.95. The summed E-state index contributed by atoms with van der Waals surface area (Å²) in [5.74, 6) is -1.22. The molecule has 0 bridgehead atoms. The van der Waals surface area contributed by atoms with Crippen LogP contribution in [0.25, 0.3) is 0 Å². The summed E-state index contributed by atoms with van der Waals surface area (Å²) in [5.41, 5.74) is 1.77. The summed E-state index contributed by atoms with van der Waals surface area (Å²) in [6.07, 6.45) is -16.8. The Morgan fingerprint density at radius 3 is 1.71 bits per heavy atom. The highest BCUT2D eigenvalue weighted by Gasteiger charge is 2.77. The maximum Gasteiger partial charge on any atom is 0.340 e. The van der Waals surface area contributed by atoms with E-state index < -0.39 is 183 Å². The van der Waals surface area contributed by atoms with Crippen LogP contribution in [0.3, 0.4) is 0 Å². The van der Waals surface area contributed by atoms with Crippen LogP contribution >= 0.6 is 0 Å². The SMILES string of the molecule is COC1CC(OC2CCC3(C)C(CCC4C3CC(OC(C)=O)C3(C)C(O)(C(C)OC(=O)c5ccccc5N)CCC43O)C2)OC(C)C1OC1CC(OC)C(OC2CC(OC)C(OC3OC(C)C(OC4OC(CO)C(O)C(O)C4O)C(OC)C3O)C(C)O2)C(C)O1. The number of benzene rings is 1. The van der Waals surface area contributed by atoms with Crippen molar-refractivity contribution in [3.8, 4) is 0 Å². The topological polar surface area (TPSA) is 349 Å². The molecule has 9 fully saturated rings. The Bertz CT molecular complexity index is 2570. The minimum absolute atomic E-state index is 0.0375. The second kappa shape index (κ2) is 28.1. The zero-order valence-corrected chi connectivity index (χ0v) is 54.0. The number of methoxy groups -OCH3 is 4. The lowest BCUT2D eigenvalue weighted by Crippen LogP contribution is -2.72. The molecule has 4 saturated carbocycles. The molecule has 1 aromatic carbocycles. The van der Waals surface area contributed by atoms with E-state index in [2.05, 4.69) is 6.92 Å². The fourth-order valence-electron chi connectivity index (χ4n) is 17.5. The molecule has 10 rings (SSSR count). The van der Waals surface area contributed by atoms with E-state index in [1.54, 1.807) is 59.3 Å². The molecule has 5 aliphatic heterocycles. The molecule has 5 heterocycles. The highest BCUT2D eigenvalue weighted by atomic mass is 16.8. The largest absolute Gasteiger partial charge is 0.462 e. The zero-order valence-electron chi connectivity index (χ0n) is 54.0. The van der Waals surface area contributed by atoms with Gasteiger partial charge in [-0.05, 0) is 121 Å². The van der Waals surface area contributed by atoms with Gasteiger partial charge in [-0.1, -0.05) is 26.0 Å². The third-order valence-corrected chi connectivity index (χ3v) is 22.7. The van der Waals surface area contributed by atoms with E-state index in [9.17, 15) is 45.3 Å². The van der Waals surface area contributed by atoms with Gasteiger partial charge in [0.1, 0.15) is 78.8 Å². The summed E-state index contributed by atoms with van der Waals surface area (Å²) in [7, 11) is 6.16. The summed E-state index contributed by atoms with van der Waals surface area (Å²) in [6.45, 7) is 13.7. The first-order valence-corrected chi connectivity index (χ1v) is 32.3. The number of aliphatic hydroxyl groups excluding tert-OH is 5. The molecule has 32 atom stereocenters. The van der Waals surface area contributed by atoms with E-state index in [-0.39, 0.29) is 59.8 Å². The number of hydrogen-bond acceptors (Lipinski definition) is 26. The summed E-state index contributed by atoms with van der Waals surface area (Å²) in [6, 6.07) is 6.58. The Balaban J connectivity index is 0.712. The van der Waals surface area contributed by atoms with Crippen molar-refractivity contribution >= 4 is 17.6 Å². The molecule has 0 spiro atoms. The van der Waals surface area contributed by atoms with Crippen LogP contribution in [0.2, 0.25) is 0 Å². The molecular weight excluding hydrogens is 1180 g/mol. The van der Waals surface area contributed by atoms with Crippen molar-refractivity contribution in [3.05, 3.63) is 29.8 Å². The lowest BCUT2D eigenvalue weighted by Gasteiger charge is -2.66. The molecule has 0 aromatic heterocycles. The normalized spacial score (nSPS) is 49.2. The predicted molar refractivity (Wildman–Crippen MR) is 313 cm³/mol. The number of hydrogen-bond donors (Lipinski definition) is 8. The number of ether oxygens (including phenoxy) is 16. The van der Waals surface area contributed by atoms with Crippen LogP contribution in [-0.2, 0) is 80.6 Å². The zero-order chi connectivity index (χ0) is 65.1. The fourth-order valence-corrected chi connectivity index (χ4v) is 17.5. The second-order valence-electron chi connectivity index (χ2n) is 27.4. The number of carbonyl (C=O) groups excluding carboxylic acids is 2. The second-order valence-corrected chi connectivity index (χ2v) is 27.4. The number of fused-ring (bicyclic) bond motifs is 5. The van der Waals surface area contributed by atoms with Gasteiger partial charge < -0.3 is 117 Å². The maximum absolute atomic E-state index is 13.5. The average molecular weight is 1280 g/mol. The molecule has 32 unspecified atom stereocenters. The van der Waals surface area contributed by atoms with Gasteiger partial charge in [0.2, 0.25) is 0 Å². The molecule has 4 aliphatic carbocycles. The van der Waals surface area contributed by atoms with Crippen LogP contribution in [0.15, 0.2) is 24.3 Å². The minimum atomic E-state index is -1.73. The third kappa shape index (κ3) is 12.9. The lowest BCUT2D eigenvalue weighted by atomic mass is 9.42. The van der Waals surface area contributed by atoms with Crippen molar-refractivity contribution in [1.29, 1.82) is 0 Å². The number of carbonyl (C=O) groups is 2. The third-order valence-electron chi connectivity index (χ3n) is 22.7. The van der Waals surface area contributed by atoms with E-state index in [4.69, 9.17) is 81.5 Å². The van der Waals surface area contributed by atoms with Crippen molar-refractivity contribution in [2.45, 2.75) is 291 Å². The van der Waals surface area contributed by atoms with E-state index in [0.29, 0.717) is 25.7 Å². The van der Waals surface area contributed by atoms with Crippen molar-refractivity contribution < 1.29 is 121 Å². The first-order chi connectivity index (χ1) is 42.7. The summed E-state index contributed by atoms with van der Waals surface area (Å²) in [5, 5.41) is 78.6. The Hall–Kier alpha value is -2.88. The standard InChI is InChI=1S/C64H101NO25/c1-29-53(87-47-26-42(76-10)54(30(2)80-47)88-48-27-43(77-11)55(31(3)81-48)89-60-52(71)57(78-12)56(32(4)82-60)90-59-51(70)50(69)49(68)44(28-66)86-59)41(75-9)25-46(79-29)85-36-19-20-61(7)35(23-36)17-18-38-39(61)24-45(84-34(6)67)62(8)63(73,21-22-64(38,62)74)33(5)83-58(72)37-15-13-14-16-40(37)65/h13-16,29-33,35-36,38-39,41-57,59-60,66,68-71,73-74H,17-28,65H2,1-12H3. The van der Waals surface area contributed by atoms with Gasteiger partial charge in [0.05, 0.1) is 72.0 Å². The molecule has 0 radical (unpaired) electrons. The molecule has 512 valence electrons. The van der Waals surface area contributed by atoms with Gasteiger partial charge in [0.15, 0.2) is 31.5 Å². The summed E-state index contributed by atoms with van der Waals surface area (Å²) >= 11 is 0. The van der Waals surface area contributed by atoms with Crippen LogP contribution in [0.5, 0.6) is 0 Å². The number of nitrogens with two attached hydrogens (primary N) is 1. The quantitative estimate of drug-likeness (QED) is 0.0560. The lowest BCUT2D eigenvalue weighted by molar-refractivity contribution is -0.374. The Kier molecular flexibility index (Phi) is 21.8. The first-order valence-electron chi connectivity index (χ1n) is 32.3. The fraction of sp³-hybridized carbons (Fsp3) is 0.875. The van der Waals surface area contributed by atoms with Crippen molar-refractivity contribution in [2.24, 2.45) is 28.6 Å². The average Bonchev–Trinajstić information content (AvgIpc) is 1.42. The Labute approximate surface area is 527 Å². The molecule has 1 aromatic rings. The van der Waals surface area contributed by atoms with Crippen LogP contribution in [-0.4, -0.2) is 247 Å². The summed E-state index contributed by atoms with van der Waals surface area (Å²) in [4.78, 5) is 26.4. The van der Waals surface area contributed by atoms with Crippen LogP contribution in [0.1, 0.15) is 136 Å². The molecule has 26 heteroatoms. The van der Waals surface area contributed by atoms with Gasteiger partial charge in [0.25, 0.3) is 0 Å². The number of aliphatic hydroxyl groups is 7. The first kappa shape index (κ1) is 69.9. The maximum atomic E-state index is 13.5. The van der Waals surface area contributed by atoms with E-state index in [1.807, 2.05) is 20.8 Å². The predicted octanol–water partition coefficient (Wildman–Crippen LogP) is 2.54. The van der Waals surface area contributed by atoms with Crippen molar-refractivity contribution in [1.82, 2.24) is 0 Å². The molecule has 9 N–H and O–H groups in total. The van der Waals surface area contributed by atoms with E-state index >= 15 is 0 Å². The Morgan fingerprint density at radius 1 is 0.611 bits per heavy atom. The van der Waals surface area contributed by atoms with Gasteiger partial charge in [-0.15, -0.1) is 0 Å². The van der Waals surface area contributed by atoms with Crippen LogP contribution in [0, 0.1) is 28.6 Å². The van der Waals surface area contributed by atoms with E-state index in [0.717, 1.165) is 25.7 Å². The number of anilines is 1. The molecule has 5 saturated heterocycles. The van der Waals surface area contributed by atoms with Gasteiger partial charge in [-0.2, -0.15) is 0 Å². The van der Waals surface area contributed by atoms with Crippen molar-refractivity contribution in [2.75, 3.05) is 40.8 Å². The smallest absolute Gasteiger partial charge is 0.340 e. The van der Waals surface area contributed by atoms with Crippen LogP contribution in [0.4, 0.5) is 5.69 Å². The molecular formula is C64H101NO25. The van der Waals surface area contributed by atoms with Gasteiger partial charge in [-0.25, -0.2) is 4.79 Å². The van der Waals surface area contributed by atoms with Gasteiger partial charge >= 0.3 is 11.9 Å². The molecule has 9 aliphatic rings. The molecule has 0 amide bonds. The number of rotatable bonds is 19. The minimum Gasteiger partial charge on any atom is -0.462 e.